The standard InChI is InChI=1S/C33H36FN3O3/c1-2-18-37(32(38)27-10-12-28(34)13-11-27)23-29-9-6-19-36(29)24-30-14-15-31(40-30)33(39)35-20-16-26(17-21-35)22-25-7-4-3-5-8-25/h3-15,19,26H,2,16-18,20-24H2,1H3. The Morgan fingerprint density at radius 3 is 2.42 bits per heavy atom. The molecule has 1 aliphatic heterocycles. The molecule has 0 bridgehead atoms. The van der Waals surface area contributed by atoms with E-state index in [4.69, 9.17) is 4.42 Å². The highest BCUT2D eigenvalue weighted by atomic mass is 19.1. The number of piperidine rings is 1. The van der Waals surface area contributed by atoms with Crippen molar-refractivity contribution >= 4 is 11.8 Å². The van der Waals surface area contributed by atoms with Crippen molar-refractivity contribution in [3.05, 3.63) is 119 Å². The van der Waals surface area contributed by atoms with Crippen molar-refractivity contribution in [2.24, 2.45) is 5.92 Å². The summed E-state index contributed by atoms with van der Waals surface area (Å²) in [5.41, 5.74) is 2.77. The van der Waals surface area contributed by atoms with Crippen LogP contribution in [0, 0.1) is 11.7 Å². The van der Waals surface area contributed by atoms with E-state index < -0.39 is 0 Å². The van der Waals surface area contributed by atoms with Gasteiger partial charge >= 0.3 is 0 Å². The molecule has 2 amide bonds. The molecule has 40 heavy (non-hydrogen) atoms. The number of likely N-dealkylation sites (tertiary alicyclic amines) is 1. The van der Waals surface area contributed by atoms with Gasteiger partial charge < -0.3 is 18.8 Å². The summed E-state index contributed by atoms with van der Waals surface area (Å²) in [6.45, 7) is 4.97. The molecule has 7 heteroatoms. The van der Waals surface area contributed by atoms with Gasteiger partial charge in [-0.2, -0.15) is 0 Å². The lowest BCUT2D eigenvalue weighted by atomic mass is 9.90. The first-order chi connectivity index (χ1) is 19.5. The third kappa shape index (κ3) is 6.71. The van der Waals surface area contributed by atoms with Crippen LogP contribution in [0.3, 0.4) is 0 Å². The van der Waals surface area contributed by atoms with Crippen molar-refractivity contribution in [3.63, 3.8) is 0 Å². The fourth-order valence-corrected chi connectivity index (χ4v) is 5.43. The van der Waals surface area contributed by atoms with E-state index in [1.54, 1.807) is 11.0 Å². The number of carbonyl (C=O) groups is 2. The van der Waals surface area contributed by atoms with Gasteiger partial charge in [-0.3, -0.25) is 9.59 Å². The zero-order valence-corrected chi connectivity index (χ0v) is 23.0. The number of halogens is 1. The first kappa shape index (κ1) is 27.4. The van der Waals surface area contributed by atoms with Crippen LogP contribution < -0.4 is 0 Å². The predicted octanol–water partition coefficient (Wildman–Crippen LogP) is 6.42. The molecule has 2 aromatic heterocycles. The number of nitrogens with zero attached hydrogens (tertiary/aromatic N) is 3. The average Bonchev–Trinajstić information content (AvgIpc) is 3.63. The molecule has 0 unspecified atom stereocenters. The molecule has 3 heterocycles. The van der Waals surface area contributed by atoms with Gasteiger partial charge in [0.15, 0.2) is 5.76 Å². The first-order valence-corrected chi connectivity index (χ1v) is 14.1. The van der Waals surface area contributed by atoms with Crippen molar-refractivity contribution in [1.29, 1.82) is 0 Å². The summed E-state index contributed by atoms with van der Waals surface area (Å²) in [4.78, 5) is 29.9. The minimum Gasteiger partial charge on any atom is -0.454 e. The third-order valence-corrected chi connectivity index (χ3v) is 7.62. The minimum absolute atomic E-state index is 0.0591. The highest BCUT2D eigenvalue weighted by Gasteiger charge is 2.26. The van der Waals surface area contributed by atoms with Crippen LogP contribution in [0.5, 0.6) is 0 Å². The van der Waals surface area contributed by atoms with Gasteiger partial charge in [-0.25, -0.2) is 4.39 Å². The summed E-state index contributed by atoms with van der Waals surface area (Å²) in [6, 6.07) is 23.7. The summed E-state index contributed by atoms with van der Waals surface area (Å²) in [6.07, 6.45) is 5.79. The van der Waals surface area contributed by atoms with Crippen molar-refractivity contribution in [1.82, 2.24) is 14.4 Å². The van der Waals surface area contributed by atoms with Crippen LogP contribution in [0.2, 0.25) is 0 Å². The minimum atomic E-state index is -0.365. The second-order valence-corrected chi connectivity index (χ2v) is 10.6. The van der Waals surface area contributed by atoms with E-state index in [0.29, 0.717) is 42.6 Å². The Labute approximate surface area is 235 Å². The number of amides is 2. The van der Waals surface area contributed by atoms with Crippen LogP contribution in [-0.2, 0) is 19.5 Å². The van der Waals surface area contributed by atoms with Crippen molar-refractivity contribution in [2.45, 2.75) is 45.7 Å². The topological polar surface area (TPSA) is 58.7 Å². The van der Waals surface area contributed by atoms with E-state index >= 15 is 0 Å². The zero-order valence-electron chi connectivity index (χ0n) is 23.0. The second-order valence-electron chi connectivity index (χ2n) is 10.6. The van der Waals surface area contributed by atoms with E-state index in [2.05, 4.69) is 24.3 Å². The lowest BCUT2D eigenvalue weighted by molar-refractivity contribution is 0.0655. The highest BCUT2D eigenvalue weighted by Crippen LogP contribution is 2.24. The molecule has 2 aromatic carbocycles. The zero-order chi connectivity index (χ0) is 27.9. The molecule has 6 nitrogen and oxygen atoms in total. The fraction of sp³-hybridized carbons (Fsp3) is 0.333. The van der Waals surface area contributed by atoms with Crippen LogP contribution in [-0.4, -0.2) is 45.8 Å². The Morgan fingerprint density at radius 2 is 1.70 bits per heavy atom. The quantitative estimate of drug-likeness (QED) is 0.233. The first-order valence-electron chi connectivity index (χ1n) is 14.1. The van der Waals surface area contributed by atoms with Gasteiger partial charge in [-0.1, -0.05) is 37.3 Å². The molecule has 4 aromatic rings. The predicted molar refractivity (Wildman–Crippen MR) is 152 cm³/mol. The second kappa shape index (κ2) is 12.8. The van der Waals surface area contributed by atoms with Crippen LogP contribution in [0.4, 0.5) is 4.39 Å². The van der Waals surface area contributed by atoms with Crippen LogP contribution >= 0.6 is 0 Å². The number of rotatable bonds is 10. The summed E-state index contributed by atoms with van der Waals surface area (Å²) < 4.78 is 21.4. The Balaban J connectivity index is 1.18. The molecule has 0 spiro atoms. The number of furan rings is 1. The Hall–Kier alpha value is -4.13. The van der Waals surface area contributed by atoms with E-state index in [1.807, 2.05) is 46.9 Å². The lowest BCUT2D eigenvalue weighted by Gasteiger charge is -2.31. The number of aromatic nitrogens is 1. The Kier molecular flexibility index (Phi) is 8.79. The molecule has 0 N–H and O–H groups in total. The summed E-state index contributed by atoms with van der Waals surface area (Å²) in [5.74, 6) is 1.09. The average molecular weight is 542 g/mol. The van der Waals surface area contributed by atoms with E-state index in [-0.39, 0.29) is 17.6 Å². The van der Waals surface area contributed by atoms with Gasteiger partial charge in [0, 0.05) is 37.1 Å². The number of hydrogen-bond acceptors (Lipinski definition) is 3. The van der Waals surface area contributed by atoms with E-state index in [1.165, 1.54) is 29.8 Å². The number of hydrogen-bond donors (Lipinski definition) is 0. The normalized spacial score (nSPS) is 13.9. The highest BCUT2D eigenvalue weighted by molar-refractivity contribution is 5.94. The maximum atomic E-state index is 13.3. The molecular formula is C33H36FN3O3. The van der Waals surface area contributed by atoms with Gasteiger partial charge in [-0.15, -0.1) is 0 Å². The van der Waals surface area contributed by atoms with Gasteiger partial charge in [0.25, 0.3) is 11.8 Å². The maximum absolute atomic E-state index is 13.3. The van der Waals surface area contributed by atoms with Crippen molar-refractivity contribution in [2.75, 3.05) is 19.6 Å². The van der Waals surface area contributed by atoms with Crippen molar-refractivity contribution in [3.8, 4) is 0 Å². The molecule has 0 radical (unpaired) electrons. The third-order valence-electron chi connectivity index (χ3n) is 7.62. The molecule has 1 fully saturated rings. The Bertz CT molecular complexity index is 1400. The molecule has 1 saturated heterocycles. The van der Waals surface area contributed by atoms with Gasteiger partial charge in [0.05, 0.1) is 13.1 Å². The monoisotopic (exact) mass is 541 g/mol. The number of benzene rings is 2. The van der Waals surface area contributed by atoms with E-state index in [0.717, 1.165) is 44.5 Å². The smallest absolute Gasteiger partial charge is 0.289 e. The van der Waals surface area contributed by atoms with Gasteiger partial charge in [0.1, 0.15) is 11.6 Å². The molecule has 1 aliphatic rings. The van der Waals surface area contributed by atoms with Crippen LogP contribution in [0.15, 0.2) is 89.5 Å². The van der Waals surface area contributed by atoms with Crippen LogP contribution in [0.25, 0.3) is 0 Å². The lowest BCUT2D eigenvalue weighted by Crippen LogP contribution is -2.38. The SMILES string of the molecule is CCCN(Cc1cccn1Cc1ccc(C(=O)N2CCC(Cc3ccccc3)CC2)o1)C(=O)c1ccc(F)cc1. The Morgan fingerprint density at radius 1 is 0.950 bits per heavy atom. The molecule has 0 saturated carbocycles. The summed E-state index contributed by atoms with van der Waals surface area (Å²) in [7, 11) is 0. The maximum Gasteiger partial charge on any atom is 0.289 e. The van der Waals surface area contributed by atoms with Gasteiger partial charge in [0.2, 0.25) is 0 Å². The largest absolute Gasteiger partial charge is 0.454 e. The molecular weight excluding hydrogens is 505 g/mol. The molecule has 5 rings (SSSR count). The number of carbonyl (C=O) groups excluding carboxylic acids is 2. The molecule has 0 aliphatic carbocycles. The van der Waals surface area contributed by atoms with Gasteiger partial charge in [-0.05, 0) is 85.7 Å². The fourth-order valence-electron chi connectivity index (χ4n) is 5.43. The van der Waals surface area contributed by atoms with E-state index in [9.17, 15) is 14.0 Å². The molecule has 0 atom stereocenters. The molecule has 208 valence electrons. The van der Waals surface area contributed by atoms with Crippen molar-refractivity contribution < 1.29 is 18.4 Å². The summed E-state index contributed by atoms with van der Waals surface area (Å²) in [5, 5.41) is 0. The summed E-state index contributed by atoms with van der Waals surface area (Å²) >= 11 is 0. The van der Waals surface area contributed by atoms with Crippen LogP contribution in [0.1, 0.15) is 64.1 Å².